The lowest BCUT2D eigenvalue weighted by molar-refractivity contribution is -0.0367. The maximum atomic E-state index is 13.6. The molecular weight excluding hydrogens is 496 g/mol. The first-order valence-electron chi connectivity index (χ1n) is 9.56. The number of hydrogen-bond acceptors (Lipinski definition) is 4. The summed E-state index contributed by atoms with van der Waals surface area (Å²) >= 11 is 15.4. The fourth-order valence-electron chi connectivity index (χ4n) is 3.64. The van der Waals surface area contributed by atoms with E-state index in [1.54, 1.807) is 0 Å². The standard InChI is InChI=1S/C21H19BrCl2FN3O2/c1-12(21-15(23)10-26-11-16(21)24)30-13-5-6-18-14(8-13)17(9-19(22)25)27-28(18)20-4-2-3-7-29-20/h5-6,8-12,20H,2-4,7H2,1H3/b19-9-. The summed E-state index contributed by atoms with van der Waals surface area (Å²) in [6.45, 7) is 2.55. The second kappa shape index (κ2) is 9.22. The van der Waals surface area contributed by atoms with Gasteiger partial charge in [-0.2, -0.15) is 9.49 Å². The maximum absolute atomic E-state index is 13.6. The topological polar surface area (TPSA) is 49.2 Å². The summed E-state index contributed by atoms with van der Waals surface area (Å²) in [7, 11) is 0. The van der Waals surface area contributed by atoms with Crippen molar-refractivity contribution >= 4 is 56.1 Å². The van der Waals surface area contributed by atoms with Crippen LogP contribution in [0.1, 0.15) is 49.8 Å². The summed E-state index contributed by atoms with van der Waals surface area (Å²) in [6.07, 6.45) is 6.79. The Labute approximate surface area is 191 Å². The zero-order chi connectivity index (χ0) is 21.3. The summed E-state index contributed by atoms with van der Waals surface area (Å²) in [5, 5.41) is 6.23. The van der Waals surface area contributed by atoms with E-state index < -0.39 is 10.8 Å². The third-order valence-corrected chi connectivity index (χ3v) is 5.82. The normalized spacial score (nSPS) is 18.6. The molecule has 9 heteroatoms. The maximum Gasteiger partial charge on any atom is 0.167 e. The summed E-state index contributed by atoms with van der Waals surface area (Å²) in [5.41, 5.74) is 2.00. The molecular formula is C21H19BrCl2FN3O2. The molecule has 2 aromatic heterocycles. The number of benzene rings is 1. The van der Waals surface area contributed by atoms with E-state index in [2.05, 4.69) is 26.0 Å². The van der Waals surface area contributed by atoms with Crippen LogP contribution in [-0.2, 0) is 4.74 Å². The highest BCUT2D eigenvalue weighted by atomic mass is 79.9. The molecule has 0 N–H and O–H groups in total. The molecule has 0 spiro atoms. The van der Waals surface area contributed by atoms with Crippen molar-refractivity contribution in [2.75, 3.05) is 6.61 Å². The predicted molar refractivity (Wildman–Crippen MR) is 120 cm³/mol. The minimum absolute atomic E-state index is 0.165. The van der Waals surface area contributed by atoms with E-state index in [1.807, 2.05) is 29.8 Å². The fraction of sp³-hybridized carbons (Fsp3) is 0.333. The second-order valence-corrected chi connectivity index (χ2v) is 8.61. The Morgan fingerprint density at radius 1 is 1.33 bits per heavy atom. The number of pyridine rings is 1. The molecule has 1 saturated heterocycles. The third-order valence-electron chi connectivity index (χ3n) is 4.99. The van der Waals surface area contributed by atoms with Crippen LogP contribution in [0.5, 0.6) is 5.75 Å². The molecule has 0 saturated carbocycles. The van der Waals surface area contributed by atoms with Crippen LogP contribution in [0, 0.1) is 0 Å². The first kappa shape index (κ1) is 21.6. The van der Waals surface area contributed by atoms with Gasteiger partial charge in [-0.25, -0.2) is 4.68 Å². The van der Waals surface area contributed by atoms with Gasteiger partial charge in [0, 0.05) is 36.0 Å². The molecule has 0 bridgehead atoms. The van der Waals surface area contributed by atoms with Gasteiger partial charge in [0.05, 0.1) is 21.3 Å². The van der Waals surface area contributed by atoms with Gasteiger partial charge < -0.3 is 9.47 Å². The predicted octanol–water partition coefficient (Wildman–Crippen LogP) is 7.24. The van der Waals surface area contributed by atoms with Crippen LogP contribution < -0.4 is 4.74 Å². The molecule has 1 aliphatic heterocycles. The largest absolute Gasteiger partial charge is 0.486 e. The third kappa shape index (κ3) is 4.49. The van der Waals surface area contributed by atoms with Gasteiger partial charge in [0.25, 0.3) is 0 Å². The van der Waals surface area contributed by atoms with Crippen molar-refractivity contribution in [3.63, 3.8) is 0 Å². The van der Waals surface area contributed by atoms with Crippen molar-refractivity contribution in [3.05, 3.63) is 56.6 Å². The van der Waals surface area contributed by atoms with Crippen molar-refractivity contribution in [2.45, 2.75) is 38.5 Å². The molecule has 0 amide bonds. The zero-order valence-electron chi connectivity index (χ0n) is 16.1. The summed E-state index contributed by atoms with van der Waals surface area (Å²) in [5.74, 6) is 0.590. The number of nitrogens with zero attached hydrogens (tertiary/aromatic N) is 3. The summed E-state index contributed by atoms with van der Waals surface area (Å²) in [4.78, 5) is 3.97. The average Bonchev–Trinajstić information content (AvgIpc) is 3.06. The lowest BCUT2D eigenvalue weighted by Gasteiger charge is -2.23. The van der Waals surface area contributed by atoms with Crippen LogP contribution in [0.2, 0.25) is 10.0 Å². The summed E-state index contributed by atoms with van der Waals surface area (Å²) in [6, 6.07) is 5.59. The molecule has 0 radical (unpaired) electrons. The van der Waals surface area contributed by atoms with Crippen LogP contribution in [0.3, 0.4) is 0 Å². The van der Waals surface area contributed by atoms with E-state index in [0.717, 1.165) is 30.2 Å². The van der Waals surface area contributed by atoms with E-state index >= 15 is 0 Å². The number of rotatable bonds is 5. The lowest BCUT2D eigenvalue weighted by atomic mass is 10.1. The Morgan fingerprint density at radius 3 is 2.77 bits per heavy atom. The van der Waals surface area contributed by atoms with E-state index in [4.69, 9.17) is 32.7 Å². The van der Waals surface area contributed by atoms with Gasteiger partial charge in [0.1, 0.15) is 11.9 Å². The van der Waals surface area contributed by atoms with E-state index in [-0.39, 0.29) is 6.23 Å². The van der Waals surface area contributed by atoms with Crippen LogP contribution >= 0.6 is 39.1 Å². The van der Waals surface area contributed by atoms with Crippen molar-refractivity contribution in [1.29, 1.82) is 0 Å². The van der Waals surface area contributed by atoms with Crippen LogP contribution in [0.15, 0.2) is 35.3 Å². The monoisotopic (exact) mass is 513 g/mol. The van der Waals surface area contributed by atoms with Gasteiger partial charge in [-0.15, -0.1) is 0 Å². The minimum atomic E-state index is -0.506. The average molecular weight is 515 g/mol. The Kier molecular flexibility index (Phi) is 6.63. The molecule has 0 aliphatic carbocycles. The molecule has 30 heavy (non-hydrogen) atoms. The van der Waals surface area contributed by atoms with Gasteiger partial charge in [-0.3, -0.25) is 4.98 Å². The molecule has 5 nitrogen and oxygen atoms in total. The smallest absolute Gasteiger partial charge is 0.167 e. The first-order chi connectivity index (χ1) is 14.4. The van der Waals surface area contributed by atoms with Crippen molar-refractivity contribution < 1.29 is 13.9 Å². The molecule has 3 heterocycles. The van der Waals surface area contributed by atoms with Crippen molar-refractivity contribution in [2.24, 2.45) is 0 Å². The quantitative estimate of drug-likeness (QED) is 0.360. The van der Waals surface area contributed by atoms with Crippen LogP contribution in [0.4, 0.5) is 4.39 Å². The molecule has 2 unspecified atom stereocenters. The SMILES string of the molecule is CC(Oc1ccc2c(c1)c(/C=C(\F)Br)nn2C1CCCCO1)c1c(Cl)cncc1Cl. The van der Waals surface area contributed by atoms with E-state index in [0.29, 0.717) is 33.7 Å². The van der Waals surface area contributed by atoms with Crippen LogP contribution in [-0.4, -0.2) is 21.4 Å². The molecule has 3 aromatic rings. The number of fused-ring (bicyclic) bond motifs is 1. The number of halogens is 4. The van der Waals surface area contributed by atoms with Crippen molar-refractivity contribution in [1.82, 2.24) is 14.8 Å². The summed E-state index contributed by atoms with van der Waals surface area (Å²) < 4.78 is 26.9. The van der Waals surface area contributed by atoms with E-state index in [1.165, 1.54) is 18.5 Å². The van der Waals surface area contributed by atoms with Crippen LogP contribution in [0.25, 0.3) is 17.0 Å². The number of aromatic nitrogens is 3. The van der Waals surface area contributed by atoms with Crippen molar-refractivity contribution in [3.8, 4) is 5.75 Å². The Hall–Kier alpha value is -1.67. The first-order valence-corrected chi connectivity index (χ1v) is 11.1. The number of hydrogen-bond donors (Lipinski definition) is 0. The second-order valence-electron chi connectivity index (χ2n) is 7.04. The molecule has 1 aliphatic rings. The molecule has 1 fully saturated rings. The number of ether oxygens (including phenoxy) is 2. The Morgan fingerprint density at radius 2 is 2.10 bits per heavy atom. The highest BCUT2D eigenvalue weighted by molar-refractivity contribution is 9.11. The van der Waals surface area contributed by atoms with Gasteiger partial charge in [-0.1, -0.05) is 23.2 Å². The van der Waals surface area contributed by atoms with Gasteiger partial charge in [0.2, 0.25) is 0 Å². The lowest BCUT2D eigenvalue weighted by Crippen LogP contribution is -2.19. The molecule has 2 atom stereocenters. The van der Waals surface area contributed by atoms with Gasteiger partial charge in [0.15, 0.2) is 11.0 Å². The fourth-order valence-corrected chi connectivity index (χ4v) is 4.52. The minimum Gasteiger partial charge on any atom is -0.486 e. The Bertz CT molecular complexity index is 1080. The zero-order valence-corrected chi connectivity index (χ0v) is 19.2. The highest BCUT2D eigenvalue weighted by Gasteiger charge is 2.22. The van der Waals surface area contributed by atoms with Gasteiger partial charge >= 0.3 is 0 Å². The molecule has 158 valence electrons. The Balaban J connectivity index is 1.71. The van der Waals surface area contributed by atoms with Gasteiger partial charge in [-0.05, 0) is 60.3 Å². The highest BCUT2D eigenvalue weighted by Crippen LogP contribution is 2.35. The molecule has 4 rings (SSSR count). The molecule has 1 aromatic carbocycles. The van der Waals surface area contributed by atoms with E-state index in [9.17, 15) is 4.39 Å².